The lowest BCUT2D eigenvalue weighted by molar-refractivity contribution is -0.137. The molecule has 0 radical (unpaired) electrons. The second kappa shape index (κ2) is 6.15. The third-order valence-corrected chi connectivity index (χ3v) is 6.51. The average Bonchev–Trinajstić information content (AvgIpc) is 2.89. The molecule has 8 heteroatoms. The van der Waals surface area contributed by atoms with E-state index in [0.717, 1.165) is 0 Å². The lowest BCUT2D eigenvalue weighted by Gasteiger charge is -2.26. The normalized spacial score (nSPS) is 27.3. The van der Waals surface area contributed by atoms with Gasteiger partial charge in [0.25, 0.3) is 0 Å². The van der Waals surface area contributed by atoms with Gasteiger partial charge in [-0.1, -0.05) is 35.3 Å². The topological polar surface area (TPSA) is 57.7 Å². The van der Waals surface area contributed by atoms with Crippen molar-refractivity contribution in [3.8, 4) is 0 Å². The highest BCUT2D eigenvalue weighted by atomic mass is 35.5. The first-order chi connectivity index (χ1) is 11.6. The number of likely N-dealkylation sites (N-methyl/N-ethyl adjacent to an activating group) is 1. The number of carbonyl (C=O) groups excluding carboxylic acids is 3. The van der Waals surface area contributed by atoms with Crippen LogP contribution < -0.4 is 4.90 Å². The van der Waals surface area contributed by atoms with Gasteiger partial charge in [-0.15, -0.1) is 11.6 Å². The Hall–Kier alpha value is -1.30. The zero-order valence-corrected chi connectivity index (χ0v) is 16.0. The third kappa shape index (κ3) is 3.03. The van der Waals surface area contributed by atoms with Crippen LogP contribution in [0.1, 0.15) is 30.1 Å². The van der Waals surface area contributed by atoms with Crippen LogP contribution in [-0.2, 0) is 9.59 Å². The fraction of sp³-hybridized carbons (Fsp3) is 0.471. The number of carbonyl (C=O) groups is 3. The molecule has 0 spiro atoms. The second-order valence-corrected chi connectivity index (χ2v) is 8.63. The highest BCUT2D eigenvalue weighted by molar-refractivity contribution is 6.62. The van der Waals surface area contributed by atoms with Gasteiger partial charge in [0.2, 0.25) is 11.8 Å². The molecule has 0 bridgehead atoms. The number of nitrogens with zero attached hydrogens (tertiary/aromatic N) is 2. The van der Waals surface area contributed by atoms with Crippen molar-refractivity contribution in [2.24, 2.45) is 0 Å². The van der Waals surface area contributed by atoms with Crippen LogP contribution in [0.5, 0.6) is 0 Å². The van der Waals surface area contributed by atoms with Gasteiger partial charge in [0.05, 0.1) is 0 Å². The Morgan fingerprint density at radius 2 is 1.92 bits per heavy atom. The molecule has 3 rings (SSSR count). The molecule has 134 valence electrons. The van der Waals surface area contributed by atoms with Gasteiger partial charge in [0, 0.05) is 31.3 Å². The standard InChI is InChI=1S/C17H17Cl3N2O3/c1-10(23)11-4-3-5-12(8-11)22-7-6-13(14(22)24)21(2)15(25)16(18)9-17(16,19)20/h3-5,8,13H,6-7,9H2,1-2H3. The van der Waals surface area contributed by atoms with Crippen LogP contribution >= 0.6 is 34.8 Å². The smallest absolute Gasteiger partial charge is 0.249 e. The molecule has 2 fully saturated rings. The van der Waals surface area contributed by atoms with E-state index in [1.165, 1.54) is 18.9 Å². The van der Waals surface area contributed by atoms with Crippen molar-refractivity contribution < 1.29 is 14.4 Å². The third-order valence-electron chi connectivity index (χ3n) is 4.79. The Kier molecular flexibility index (Phi) is 4.55. The van der Waals surface area contributed by atoms with Crippen LogP contribution in [0.25, 0.3) is 0 Å². The van der Waals surface area contributed by atoms with Gasteiger partial charge in [-0.05, 0) is 25.5 Å². The van der Waals surface area contributed by atoms with E-state index in [-0.39, 0.29) is 18.1 Å². The van der Waals surface area contributed by atoms with E-state index in [2.05, 4.69) is 0 Å². The number of benzene rings is 1. The molecule has 2 amide bonds. The first-order valence-corrected chi connectivity index (χ1v) is 8.98. The molecule has 2 aliphatic rings. The number of ketones is 1. The minimum absolute atomic E-state index is 0.0734. The van der Waals surface area contributed by atoms with Crippen molar-refractivity contribution in [1.82, 2.24) is 4.90 Å². The highest BCUT2D eigenvalue weighted by Crippen LogP contribution is 2.62. The molecule has 25 heavy (non-hydrogen) atoms. The van der Waals surface area contributed by atoms with E-state index in [0.29, 0.717) is 24.2 Å². The zero-order chi connectivity index (χ0) is 18.6. The van der Waals surface area contributed by atoms with Crippen molar-refractivity contribution in [1.29, 1.82) is 0 Å². The zero-order valence-electron chi connectivity index (χ0n) is 13.8. The van der Waals surface area contributed by atoms with E-state index in [9.17, 15) is 14.4 Å². The van der Waals surface area contributed by atoms with Crippen LogP contribution in [0, 0.1) is 0 Å². The molecule has 1 saturated heterocycles. The molecule has 1 saturated carbocycles. The molecule has 5 nitrogen and oxygen atoms in total. The van der Waals surface area contributed by atoms with Crippen LogP contribution in [0.15, 0.2) is 24.3 Å². The Morgan fingerprint density at radius 1 is 1.28 bits per heavy atom. The molecule has 0 N–H and O–H groups in total. The number of hydrogen-bond donors (Lipinski definition) is 0. The molecule has 1 aliphatic carbocycles. The summed E-state index contributed by atoms with van der Waals surface area (Å²) >= 11 is 18.1. The minimum Gasteiger partial charge on any atom is -0.332 e. The molecule has 1 aliphatic heterocycles. The average molecular weight is 404 g/mol. The van der Waals surface area contributed by atoms with Crippen LogP contribution in [0.4, 0.5) is 5.69 Å². The lowest BCUT2D eigenvalue weighted by atomic mass is 10.1. The van der Waals surface area contributed by atoms with E-state index < -0.39 is 21.2 Å². The summed E-state index contributed by atoms with van der Waals surface area (Å²) in [6.07, 6.45) is 0.620. The Morgan fingerprint density at radius 3 is 2.48 bits per heavy atom. The maximum Gasteiger partial charge on any atom is 0.249 e. The maximum atomic E-state index is 12.8. The predicted molar refractivity (Wildman–Crippen MR) is 97.6 cm³/mol. The molecular formula is C17H17Cl3N2O3. The van der Waals surface area contributed by atoms with Gasteiger partial charge in [-0.3, -0.25) is 14.4 Å². The van der Waals surface area contributed by atoms with E-state index in [1.807, 2.05) is 0 Å². The summed E-state index contributed by atoms with van der Waals surface area (Å²) in [6.45, 7) is 1.92. The van der Waals surface area contributed by atoms with Crippen molar-refractivity contribution in [2.75, 3.05) is 18.5 Å². The summed E-state index contributed by atoms with van der Waals surface area (Å²) in [5.74, 6) is -0.736. The number of halogens is 3. The molecule has 1 aromatic carbocycles. The largest absolute Gasteiger partial charge is 0.332 e. The summed E-state index contributed by atoms with van der Waals surface area (Å²) in [5.41, 5.74) is 1.17. The first kappa shape index (κ1) is 18.5. The fourth-order valence-corrected chi connectivity index (χ4v) is 4.12. The van der Waals surface area contributed by atoms with Crippen molar-refractivity contribution in [3.05, 3.63) is 29.8 Å². The minimum atomic E-state index is -1.37. The van der Waals surface area contributed by atoms with Gasteiger partial charge in [-0.2, -0.15) is 0 Å². The summed E-state index contributed by atoms with van der Waals surface area (Å²) in [6, 6.07) is 6.24. The van der Waals surface area contributed by atoms with Gasteiger partial charge < -0.3 is 9.80 Å². The maximum absolute atomic E-state index is 12.8. The van der Waals surface area contributed by atoms with Gasteiger partial charge in [0.1, 0.15) is 10.4 Å². The highest BCUT2D eigenvalue weighted by Gasteiger charge is 2.72. The molecule has 1 heterocycles. The van der Waals surface area contributed by atoms with E-state index in [4.69, 9.17) is 34.8 Å². The monoisotopic (exact) mass is 402 g/mol. The predicted octanol–water partition coefficient (Wildman–Crippen LogP) is 3.01. The molecule has 2 unspecified atom stereocenters. The number of anilines is 1. The number of hydrogen-bond acceptors (Lipinski definition) is 3. The van der Waals surface area contributed by atoms with E-state index in [1.54, 1.807) is 29.2 Å². The van der Waals surface area contributed by atoms with Crippen molar-refractivity contribution in [3.63, 3.8) is 0 Å². The quantitative estimate of drug-likeness (QED) is 0.573. The summed E-state index contributed by atoms with van der Waals surface area (Å²) in [4.78, 5) is 38.4. The number of rotatable bonds is 4. The lowest BCUT2D eigenvalue weighted by Crippen LogP contribution is -2.47. The SMILES string of the molecule is CC(=O)c1cccc(N2CCC(N(C)C(=O)C3(Cl)CC3(Cl)Cl)C2=O)c1. The van der Waals surface area contributed by atoms with Crippen LogP contribution in [0.3, 0.4) is 0 Å². The number of Topliss-reactive ketones (excluding diaryl/α,β-unsaturated/α-hetero) is 1. The van der Waals surface area contributed by atoms with Gasteiger partial charge in [0.15, 0.2) is 10.7 Å². The molecule has 1 aromatic rings. The van der Waals surface area contributed by atoms with Crippen LogP contribution in [0.2, 0.25) is 0 Å². The van der Waals surface area contributed by atoms with Gasteiger partial charge in [-0.25, -0.2) is 0 Å². The fourth-order valence-electron chi connectivity index (χ4n) is 3.09. The molecule has 2 atom stereocenters. The second-order valence-electron chi connectivity index (χ2n) is 6.50. The van der Waals surface area contributed by atoms with Crippen molar-refractivity contribution >= 4 is 58.1 Å². The van der Waals surface area contributed by atoms with E-state index >= 15 is 0 Å². The summed E-state index contributed by atoms with van der Waals surface area (Å²) in [7, 11) is 1.53. The van der Waals surface area contributed by atoms with Crippen molar-refractivity contribution in [2.45, 2.75) is 35.0 Å². The first-order valence-electron chi connectivity index (χ1n) is 7.85. The number of alkyl halides is 3. The van der Waals surface area contributed by atoms with Crippen LogP contribution in [-0.4, -0.2) is 51.3 Å². The molecule has 0 aromatic heterocycles. The number of amides is 2. The Labute approximate surface area is 160 Å². The summed E-state index contributed by atoms with van der Waals surface area (Å²) in [5, 5.41) is 0. The Balaban J connectivity index is 1.77. The van der Waals surface area contributed by atoms with Gasteiger partial charge >= 0.3 is 0 Å². The summed E-state index contributed by atoms with van der Waals surface area (Å²) < 4.78 is -1.29. The Bertz CT molecular complexity index is 767. The molecular weight excluding hydrogens is 387 g/mol.